The minimum absolute atomic E-state index is 0.00537. The van der Waals surface area contributed by atoms with Gasteiger partial charge in [-0.2, -0.15) is 0 Å². The minimum atomic E-state index is 0.00537. The van der Waals surface area contributed by atoms with Crippen LogP contribution in [0.5, 0.6) is 0 Å². The van der Waals surface area contributed by atoms with Crippen LogP contribution in [-0.2, 0) is 23.5 Å². The van der Waals surface area contributed by atoms with Crippen LogP contribution in [0.2, 0.25) is 0 Å². The quantitative estimate of drug-likeness (QED) is 0.366. The number of aromatic nitrogens is 3. The number of amides is 1. The molecule has 0 aliphatic rings. The Morgan fingerprint density at radius 1 is 0.875 bits per heavy atom. The van der Waals surface area contributed by atoms with Crippen LogP contribution in [0.3, 0.4) is 0 Å². The summed E-state index contributed by atoms with van der Waals surface area (Å²) < 4.78 is 2.03. The van der Waals surface area contributed by atoms with E-state index in [9.17, 15) is 4.79 Å². The highest BCUT2D eigenvalue weighted by Gasteiger charge is 2.15. The van der Waals surface area contributed by atoms with E-state index >= 15 is 0 Å². The van der Waals surface area contributed by atoms with Gasteiger partial charge in [-0.15, -0.1) is 10.2 Å². The van der Waals surface area contributed by atoms with Gasteiger partial charge in [-0.1, -0.05) is 90.1 Å². The van der Waals surface area contributed by atoms with Gasteiger partial charge >= 0.3 is 0 Å². The second kappa shape index (κ2) is 10.8. The zero-order valence-corrected chi connectivity index (χ0v) is 18.9. The van der Waals surface area contributed by atoms with Gasteiger partial charge in [0, 0.05) is 17.9 Å². The third-order valence-corrected chi connectivity index (χ3v) is 6.13. The first-order chi connectivity index (χ1) is 15.7. The van der Waals surface area contributed by atoms with Crippen LogP contribution in [0.15, 0.2) is 90.1 Å². The number of nitrogens with zero attached hydrogens (tertiary/aromatic N) is 3. The van der Waals surface area contributed by atoms with E-state index in [1.165, 1.54) is 11.1 Å². The average Bonchev–Trinajstić information content (AvgIpc) is 3.24. The predicted octanol–water partition coefficient (Wildman–Crippen LogP) is 5.12. The highest BCUT2D eigenvalue weighted by Crippen LogP contribution is 2.25. The molecule has 0 saturated carbocycles. The van der Waals surface area contributed by atoms with E-state index in [2.05, 4.69) is 58.8 Å². The molecule has 5 nitrogen and oxygen atoms in total. The number of carbonyl (C=O) groups excluding carboxylic acids is 1. The number of hydrogen-bond acceptors (Lipinski definition) is 4. The van der Waals surface area contributed by atoms with E-state index in [0.717, 1.165) is 34.4 Å². The molecule has 1 N–H and O–H groups in total. The fraction of sp³-hybridized carbons (Fsp3) is 0.192. The molecule has 1 amide bonds. The van der Waals surface area contributed by atoms with E-state index in [0.29, 0.717) is 13.0 Å². The fourth-order valence-electron chi connectivity index (χ4n) is 3.35. The van der Waals surface area contributed by atoms with Gasteiger partial charge in [0.25, 0.3) is 0 Å². The number of hydrogen-bond donors (Lipinski definition) is 1. The Morgan fingerprint density at radius 3 is 2.22 bits per heavy atom. The van der Waals surface area contributed by atoms with Crippen molar-refractivity contribution in [3.63, 3.8) is 0 Å². The standard InChI is InChI=1S/C26H26N4OS/c1-20-12-15-23(16-13-20)30-24(18-27-25(31)17-14-21-8-4-2-5-9-21)28-29-26(30)32-19-22-10-6-3-7-11-22/h2-13,15-16H,14,17-19H2,1H3,(H,27,31). The molecule has 0 atom stereocenters. The molecule has 0 saturated heterocycles. The zero-order chi connectivity index (χ0) is 22.2. The molecule has 1 aromatic heterocycles. The summed E-state index contributed by atoms with van der Waals surface area (Å²) in [5.74, 6) is 1.53. The van der Waals surface area contributed by atoms with Crippen molar-refractivity contribution in [3.8, 4) is 5.69 Å². The van der Waals surface area contributed by atoms with Crippen molar-refractivity contribution < 1.29 is 4.79 Å². The molecule has 3 aromatic carbocycles. The summed E-state index contributed by atoms with van der Waals surface area (Å²) in [7, 11) is 0. The van der Waals surface area contributed by atoms with E-state index in [1.54, 1.807) is 11.8 Å². The maximum atomic E-state index is 12.4. The van der Waals surface area contributed by atoms with Gasteiger partial charge < -0.3 is 5.32 Å². The Balaban J connectivity index is 1.46. The summed E-state index contributed by atoms with van der Waals surface area (Å²) in [4.78, 5) is 12.4. The van der Waals surface area contributed by atoms with E-state index in [-0.39, 0.29) is 5.91 Å². The normalized spacial score (nSPS) is 10.8. The molecule has 32 heavy (non-hydrogen) atoms. The molecule has 0 unspecified atom stereocenters. The number of thioether (sulfide) groups is 1. The molecule has 0 aliphatic heterocycles. The minimum Gasteiger partial charge on any atom is -0.349 e. The first-order valence-corrected chi connectivity index (χ1v) is 11.7. The second-order valence-electron chi connectivity index (χ2n) is 7.61. The molecule has 0 radical (unpaired) electrons. The molecular weight excluding hydrogens is 416 g/mol. The summed E-state index contributed by atoms with van der Waals surface area (Å²) in [5, 5.41) is 12.6. The molecule has 1 heterocycles. The smallest absolute Gasteiger partial charge is 0.220 e. The third kappa shape index (κ3) is 5.86. The number of rotatable bonds is 9. The topological polar surface area (TPSA) is 59.8 Å². The van der Waals surface area contributed by atoms with E-state index < -0.39 is 0 Å². The Kier molecular flexibility index (Phi) is 7.35. The van der Waals surface area contributed by atoms with Crippen molar-refractivity contribution in [3.05, 3.63) is 107 Å². The highest BCUT2D eigenvalue weighted by atomic mass is 32.2. The maximum Gasteiger partial charge on any atom is 0.220 e. The lowest BCUT2D eigenvalue weighted by atomic mass is 10.1. The number of carbonyl (C=O) groups is 1. The zero-order valence-electron chi connectivity index (χ0n) is 18.1. The SMILES string of the molecule is Cc1ccc(-n2c(CNC(=O)CCc3ccccc3)nnc2SCc2ccccc2)cc1. The third-order valence-electron chi connectivity index (χ3n) is 5.13. The van der Waals surface area contributed by atoms with Crippen molar-refractivity contribution in [2.24, 2.45) is 0 Å². The molecule has 0 bridgehead atoms. The van der Waals surface area contributed by atoms with Crippen molar-refractivity contribution in [1.29, 1.82) is 0 Å². The predicted molar refractivity (Wildman–Crippen MR) is 129 cm³/mol. The van der Waals surface area contributed by atoms with Crippen LogP contribution in [0.4, 0.5) is 0 Å². The van der Waals surface area contributed by atoms with Gasteiger partial charge in [-0.25, -0.2) is 0 Å². The first-order valence-electron chi connectivity index (χ1n) is 10.7. The van der Waals surface area contributed by atoms with E-state index in [1.807, 2.05) is 53.1 Å². The van der Waals surface area contributed by atoms with E-state index in [4.69, 9.17) is 0 Å². The maximum absolute atomic E-state index is 12.4. The average molecular weight is 443 g/mol. The largest absolute Gasteiger partial charge is 0.349 e. The van der Waals surface area contributed by atoms with Crippen LogP contribution < -0.4 is 5.32 Å². The number of benzene rings is 3. The van der Waals surface area contributed by atoms with Gasteiger partial charge in [-0.3, -0.25) is 9.36 Å². The lowest BCUT2D eigenvalue weighted by molar-refractivity contribution is -0.121. The monoisotopic (exact) mass is 442 g/mol. The Morgan fingerprint density at radius 2 is 1.53 bits per heavy atom. The molecule has 0 spiro atoms. The number of nitrogens with one attached hydrogen (secondary N) is 1. The van der Waals surface area contributed by atoms with Crippen LogP contribution in [0.1, 0.15) is 28.9 Å². The van der Waals surface area contributed by atoms with Crippen molar-refractivity contribution >= 4 is 17.7 Å². The Hall–Kier alpha value is -3.38. The summed E-state index contributed by atoms with van der Waals surface area (Å²) in [6.07, 6.45) is 1.16. The molecule has 162 valence electrons. The van der Waals surface area contributed by atoms with Gasteiger partial charge in [0.15, 0.2) is 11.0 Å². The Labute approximate surface area is 192 Å². The molecule has 4 aromatic rings. The van der Waals surface area contributed by atoms with Crippen molar-refractivity contribution in [1.82, 2.24) is 20.1 Å². The summed E-state index contributed by atoms with van der Waals surface area (Å²) in [6.45, 7) is 2.40. The summed E-state index contributed by atoms with van der Waals surface area (Å²) >= 11 is 1.64. The molecule has 0 fully saturated rings. The van der Waals surface area contributed by atoms with Crippen LogP contribution in [0, 0.1) is 6.92 Å². The van der Waals surface area contributed by atoms with Crippen molar-refractivity contribution in [2.75, 3.05) is 0 Å². The first kappa shape index (κ1) is 21.8. The lowest BCUT2D eigenvalue weighted by Gasteiger charge is -2.11. The van der Waals surface area contributed by atoms with Crippen LogP contribution in [-0.4, -0.2) is 20.7 Å². The summed E-state index contributed by atoms with van der Waals surface area (Å²) in [5.41, 5.74) is 4.57. The van der Waals surface area contributed by atoms with Gasteiger partial charge in [-0.05, 0) is 36.6 Å². The van der Waals surface area contributed by atoms with Gasteiger partial charge in [0.1, 0.15) is 0 Å². The molecule has 0 aliphatic carbocycles. The molecular formula is C26H26N4OS. The van der Waals surface area contributed by atoms with Crippen LogP contribution in [0.25, 0.3) is 5.69 Å². The Bertz CT molecular complexity index is 1140. The summed E-state index contributed by atoms with van der Waals surface area (Å²) in [6, 6.07) is 28.6. The molecule has 4 rings (SSSR count). The van der Waals surface area contributed by atoms with Gasteiger partial charge in [0.2, 0.25) is 5.91 Å². The van der Waals surface area contributed by atoms with Crippen LogP contribution >= 0.6 is 11.8 Å². The highest BCUT2D eigenvalue weighted by molar-refractivity contribution is 7.98. The lowest BCUT2D eigenvalue weighted by Crippen LogP contribution is -2.24. The molecule has 6 heteroatoms. The van der Waals surface area contributed by atoms with Crippen molar-refractivity contribution in [2.45, 2.75) is 37.2 Å². The second-order valence-corrected chi connectivity index (χ2v) is 8.55. The van der Waals surface area contributed by atoms with Gasteiger partial charge in [0.05, 0.1) is 6.54 Å². The number of aryl methyl sites for hydroxylation is 2. The fourth-order valence-corrected chi connectivity index (χ4v) is 4.28.